The number of likely N-dealkylation sites (tertiary alicyclic amines) is 1. The van der Waals surface area contributed by atoms with Gasteiger partial charge in [-0.15, -0.1) is 0 Å². The van der Waals surface area contributed by atoms with Gasteiger partial charge < -0.3 is 10.0 Å². The number of aliphatic hydroxyl groups excluding tert-OH is 1. The van der Waals surface area contributed by atoms with Gasteiger partial charge in [0.05, 0.1) is 0 Å². The van der Waals surface area contributed by atoms with Gasteiger partial charge in [-0.25, -0.2) is 0 Å². The maximum absolute atomic E-state index is 9.05. The molecule has 66 valence electrons. The van der Waals surface area contributed by atoms with Gasteiger partial charge in [0.2, 0.25) is 0 Å². The van der Waals surface area contributed by atoms with Crippen LogP contribution in [0.1, 0.15) is 20.3 Å². The molecule has 0 unspecified atom stereocenters. The normalized spacial score (nSPS) is 34.1. The largest absolute Gasteiger partial charge is 0.396 e. The molecule has 0 saturated carbocycles. The van der Waals surface area contributed by atoms with E-state index in [0.717, 1.165) is 13.1 Å². The van der Waals surface area contributed by atoms with Crippen molar-refractivity contribution < 1.29 is 5.11 Å². The molecule has 0 radical (unpaired) electrons. The maximum atomic E-state index is 9.05. The van der Waals surface area contributed by atoms with E-state index in [1.165, 1.54) is 13.0 Å². The average molecular weight is 157 g/mol. The summed E-state index contributed by atoms with van der Waals surface area (Å²) in [7, 11) is 0. The van der Waals surface area contributed by atoms with Gasteiger partial charge in [-0.05, 0) is 31.3 Å². The smallest absolute Gasteiger partial charge is 0.0474 e. The maximum Gasteiger partial charge on any atom is 0.0474 e. The first-order valence-corrected chi connectivity index (χ1v) is 4.61. The Morgan fingerprint density at radius 2 is 2.27 bits per heavy atom. The van der Waals surface area contributed by atoms with Crippen LogP contribution >= 0.6 is 0 Å². The molecular weight excluding hydrogens is 138 g/mol. The van der Waals surface area contributed by atoms with Crippen LogP contribution in [0.4, 0.5) is 0 Å². The van der Waals surface area contributed by atoms with Crippen molar-refractivity contribution in [1.29, 1.82) is 0 Å². The highest BCUT2D eigenvalue weighted by molar-refractivity contribution is 4.76. The zero-order valence-electron chi connectivity index (χ0n) is 7.58. The molecular formula is C9H19NO. The first-order chi connectivity index (χ1) is 5.27. The van der Waals surface area contributed by atoms with Crippen LogP contribution in [0.25, 0.3) is 0 Å². The second-order valence-electron chi connectivity index (χ2n) is 3.60. The predicted molar refractivity (Wildman–Crippen MR) is 46.5 cm³/mol. The van der Waals surface area contributed by atoms with Crippen LogP contribution in [0.15, 0.2) is 0 Å². The van der Waals surface area contributed by atoms with Crippen molar-refractivity contribution in [3.05, 3.63) is 0 Å². The fourth-order valence-corrected chi connectivity index (χ4v) is 1.75. The van der Waals surface area contributed by atoms with Gasteiger partial charge in [0.15, 0.2) is 0 Å². The number of hydrogen-bond acceptors (Lipinski definition) is 2. The van der Waals surface area contributed by atoms with Crippen LogP contribution in [0, 0.1) is 11.8 Å². The summed E-state index contributed by atoms with van der Waals surface area (Å²) in [5.74, 6) is 1.23. The number of rotatable bonds is 2. The van der Waals surface area contributed by atoms with Crippen LogP contribution in [-0.4, -0.2) is 36.2 Å². The van der Waals surface area contributed by atoms with Gasteiger partial charge in [0, 0.05) is 13.2 Å². The lowest BCUT2D eigenvalue weighted by Crippen LogP contribution is -2.40. The highest BCUT2D eigenvalue weighted by atomic mass is 16.3. The Labute approximate surface area is 69.2 Å². The van der Waals surface area contributed by atoms with E-state index in [-0.39, 0.29) is 0 Å². The van der Waals surface area contributed by atoms with Crippen molar-refractivity contribution in [3.63, 3.8) is 0 Å². The molecule has 1 heterocycles. The number of hydrogen-bond donors (Lipinski definition) is 1. The van der Waals surface area contributed by atoms with Crippen molar-refractivity contribution in [2.24, 2.45) is 11.8 Å². The topological polar surface area (TPSA) is 23.5 Å². The van der Waals surface area contributed by atoms with E-state index >= 15 is 0 Å². The Kier molecular flexibility index (Phi) is 3.34. The van der Waals surface area contributed by atoms with Crippen LogP contribution in [0.3, 0.4) is 0 Å². The van der Waals surface area contributed by atoms with Gasteiger partial charge in [-0.2, -0.15) is 0 Å². The molecule has 2 atom stereocenters. The van der Waals surface area contributed by atoms with E-state index in [1.54, 1.807) is 0 Å². The molecule has 2 nitrogen and oxygen atoms in total. The van der Waals surface area contributed by atoms with Crippen LogP contribution in [0.5, 0.6) is 0 Å². The van der Waals surface area contributed by atoms with Crippen molar-refractivity contribution in [3.8, 4) is 0 Å². The molecule has 1 N–H and O–H groups in total. The predicted octanol–water partition coefficient (Wildman–Crippen LogP) is 0.957. The summed E-state index contributed by atoms with van der Waals surface area (Å²) in [6, 6.07) is 0. The highest BCUT2D eigenvalue weighted by Gasteiger charge is 2.24. The summed E-state index contributed by atoms with van der Waals surface area (Å²) in [5, 5.41) is 9.05. The summed E-state index contributed by atoms with van der Waals surface area (Å²) >= 11 is 0. The molecule has 2 heteroatoms. The molecule has 0 aromatic heterocycles. The molecule has 0 aromatic carbocycles. The molecule has 0 aromatic rings. The van der Waals surface area contributed by atoms with Crippen LogP contribution in [0.2, 0.25) is 0 Å². The minimum Gasteiger partial charge on any atom is -0.396 e. The second kappa shape index (κ2) is 4.07. The average Bonchev–Trinajstić information content (AvgIpc) is 2.05. The molecule has 1 fully saturated rings. The lowest BCUT2D eigenvalue weighted by atomic mass is 9.88. The molecule has 0 spiro atoms. The summed E-state index contributed by atoms with van der Waals surface area (Å²) in [6.07, 6.45) is 1.25. The van der Waals surface area contributed by atoms with E-state index in [1.807, 2.05) is 0 Å². The van der Waals surface area contributed by atoms with Gasteiger partial charge in [-0.3, -0.25) is 0 Å². The minimum atomic E-state index is 0.359. The second-order valence-corrected chi connectivity index (χ2v) is 3.60. The van der Waals surface area contributed by atoms with Crippen molar-refractivity contribution in [1.82, 2.24) is 4.90 Å². The summed E-state index contributed by atoms with van der Waals surface area (Å²) in [4.78, 5) is 2.42. The third-order valence-corrected chi connectivity index (χ3v) is 2.88. The van der Waals surface area contributed by atoms with Crippen molar-refractivity contribution in [2.45, 2.75) is 20.3 Å². The third kappa shape index (κ3) is 2.17. The van der Waals surface area contributed by atoms with Gasteiger partial charge in [0.25, 0.3) is 0 Å². The highest BCUT2D eigenvalue weighted by Crippen LogP contribution is 2.21. The quantitative estimate of drug-likeness (QED) is 0.645. The summed E-state index contributed by atoms with van der Waals surface area (Å²) in [5.41, 5.74) is 0. The van der Waals surface area contributed by atoms with Crippen molar-refractivity contribution >= 4 is 0 Å². The Hall–Kier alpha value is -0.0800. The van der Waals surface area contributed by atoms with E-state index in [4.69, 9.17) is 5.11 Å². The Bertz CT molecular complexity index is 116. The molecule has 1 saturated heterocycles. The van der Waals surface area contributed by atoms with Crippen molar-refractivity contribution in [2.75, 3.05) is 26.2 Å². The number of aliphatic hydroxyl groups is 1. The van der Waals surface area contributed by atoms with Gasteiger partial charge >= 0.3 is 0 Å². The SMILES string of the molecule is CCN1CC[C@@H](C)[C@@H](CO)C1. The molecule has 0 bridgehead atoms. The summed E-state index contributed by atoms with van der Waals surface area (Å²) < 4.78 is 0. The lowest BCUT2D eigenvalue weighted by molar-refractivity contribution is 0.0834. The molecule has 1 aliphatic heterocycles. The zero-order chi connectivity index (χ0) is 8.27. The third-order valence-electron chi connectivity index (χ3n) is 2.88. The lowest BCUT2D eigenvalue weighted by Gasteiger charge is -2.35. The number of nitrogens with zero attached hydrogens (tertiary/aromatic N) is 1. The Morgan fingerprint density at radius 3 is 2.82 bits per heavy atom. The van der Waals surface area contributed by atoms with Gasteiger partial charge in [0.1, 0.15) is 0 Å². The van der Waals surface area contributed by atoms with E-state index in [9.17, 15) is 0 Å². The fraction of sp³-hybridized carbons (Fsp3) is 1.00. The van der Waals surface area contributed by atoms with Crippen LogP contribution < -0.4 is 0 Å². The van der Waals surface area contributed by atoms with E-state index in [0.29, 0.717) is 18.4 Å². The van der Waals surface area contributed by atoms with E-state index < -0.39 is 0 Å². The standard InChI is InChI=1S/C9H19NO/c1-3-10-5-4-8(2)9(6-10)7-11/h8-9,11H,3-7H2,1-2H3/t8-,9-/m1/s1. The van der Waals surface area contributed by atoms with Crippen LogP contribution in [-0.2, 0) is 0 Å². The Morgan fingerprint density at radius 1 is 1.55 bits per heavy atom. The van der Waals surface area contributed by atoms with E-state index in [2.05, 4.69) is 18.7 Å². The molecule has 0 aliphatic carbocycles. The molecule has 0 amide bonds. The molecule has 11 heavy (non-hydrogen) atoms. The number of piperidine rings is 1. The Balaban J connectivity index is 2.37. The van der Waals surface area contributed by atoms with Gasteiger partial charge in [-0.1, -0.05) is 13.8 Å². The zero-order valence-corrected chi connectivity index (χ0v) is 7.58. The molecule has 1 aliphatic rings. The first kappa shape index (κ1) is 9.01. The summed E-state index contributed by atoms with van der Waals surface area (Å²) in [6.45, 7) is 8.22. The molecule has 1 rings (SSSR count). The monoisotopic (exact) mass is 157 g/mol. The first-order valence-electron chi connectivity index (χ1n) is 4.61. The minimum absolute atomic E-state index is 0.359. The fourth-order valence-electron chi connectivity index (χ4n) is 1.75.